The quantitative estimate of drug-likeness (QED) is 0.831. The number of thiophene rings is 1. The smallest absolute Gasteiger partial charge is 0.392 e. The standard InChI is InChI=1S/C10H9F3O2S/c11-10(12,13)6-1-2-7-5(3-6)4-8(16-7)9(14)15/h4,6H,1-3H2,(H,14,15). The molecule has 0 saturated heterocycles. The average molecular weight is 250 g/mol. The molecule has 0 aliphatic heterocycles. The second-order valence-electron chi connectivity index (χ2n) is 3.85. The van der Waals surface area contributed by atoms with E-state index in [9.17, 15) is 18.0 Å². The van der Waals surface area contributed by atoms with Crippen molar-refractivity contribution in [3.63, 3.8) is 0 Å². The first kappa shape index (κ1) is 11.4. The summed E-state index contributed by atoms with van der Waals surface area (Å²) in [5, 5.41) is 8.75. The van der Waals surface area contributed by atoms with Crippen molar-refractivity contribution in [1.29, 1.82) is 0 Å². The van der Waals surface area contributed by atoms with E-state index < -0.39 is 18.1 Å². The minimum absolute atomic E-state index is 0.0655. The Bertz CT molecular complexity index is 422. The summed E-state index contributed by atoms with van der Waals surface area (Å²) >= 11 is 1.09. The zero-order valence-electron chi connectivity index (χ0n) is 8.17. The number of alkyl halides is 3. The zero-order valence-corrected chi connectivity index (χ0v) is 8.99. The number of halogens is 3. The Labute approximate surface area is 93.7 Å². The lowest BCUT2D eigenvalue weighted by Crippen LogP contribution is -2.28. The van der Waals surface area contributed by atoms with Gasteiger partial charge in [0.1, 0.15) is 4.88 Å². The second-order valence-corrected chi connectivity index (χ2v) is 4.98. The molecule has 1 aromatic heterocycles. The van der Waals surface area contributed by atoms with E-state index in [-0.39, 0.29) is 17.7 Å². The van der Waals surface area contributed by atoms with E-state index in [1.54, 1.807) is 0 Å². The van der Waals surface area contributed by atoms with Crippen LogP contribution in [0.15, 0.2) is 6.07 Å². The molecule has 0 aromatic carbocycles. The Balaban J connectivity index is 2.24. The van der Waals surface area contributed by atoms with Gasteiger partial charge in [0.05, 0.1) is 5.92 Å². The number of carboxylic acids is 1. The monoisotopic (exact) mass is 250 g/mol. The number of hydrogen-bond acceptors (Lipinski definition) is 2. The van der Waals surface area contributed by atoms with Crippen LogP contribution in [-0.4, -0.2) is 17.3 Å². The highest BCUT2D eigenvalue weighted by Gasteiger charge is 2.41. The van der Waals surface area contributed by atoms with Crippen LogP contribution in [0.25, 0.3) is 0 Å². The Hall–Kier alpha value is -1.04. The highest BCUT2D eigenvalue weighted by Crippen LogP contribution is 2.39. The number of carboxylic acid groups (broad SMARTS) is 1. The zero-order chi connectivity index (χ0) is 11.9. The number of fused-ring (bicyclic) bond motifs is 1. The molecule has 1 aliphatic rings. The Morgan fingerprint density at radius 3 is 2.75 bits per heavy atom. The number of aromatic carboxylic acids is 1. The van der Waals surface area contributed by atoms with Crippen molar-refractivity contribution in [2.75, 3.05) is 0 Å². The number of carbonyl (C=O) groups is 1. The number of hydrogen-bond donors (Lipinski definition) is 1. The maximum Gasteiger partial charge on any atom is 0.392 e. The summed E-state index contributed by atoms with van der Waals surface area (Å²) in [4.78, 5) is 11.6. The molecular formula is C10H9F3O2S. The molecule has 1 unspecified atom stereocenters. The average Bonchev–Trinajstić information content (AvgIpc) is 2.58. The maximum atomic E-state index is 12.5. The third-order valence-corrected chi connectivity index (χ3v) is 3.98. The van der Waals surface area contributed by atoms with Crippen LogP contribution in [0.3, 0.4) is 0 Å². The molecular weight excluding hydrogens is 241 g/mol. The molecule has 0 spiro atoms. The van der Waals surface area contributed by atoms with E-state index in [2.05, 4.69) is 0 Å². The van der Waals surface area contributed by atoms with Gasteiger partial charge < -0.3 is 5.11 Å². The summed E-state index contributed by atoms with van der Waals surface area (Å²) in [5.41, 5.74) is 0.552. The van der Waals surface area contributed by atoms with Crippen LogP contribution < -0.4 is 0 Å². The van der Waals surface area contributed by atoms with E-state index >= 15 is 0 Å². The van der Waals surface area contributed by atoms with Gasteiger partial charge in [-0.05, 0) is 30.9 Å². The van der Waals surface area contributed by atoms with Crippen molar-refractivity contribution in [2.24, 2.45) is 5.92 Å². The maximum absolute atomic E-state index is 12.5. The molecule has 1 aliphatic carbocycles. The lowest BCUT2D eigenvalue weighted by molar-refractivity contribution is -0.176. The Morgan fingerprint density at radius 2 is 2.19 bits per heavy atom. The predicted octanol–water partition coefficient (Wildman–Crippen LogP) is 3.11. The molecule has 0 radical (unpaired) electrons. The fourth-order valence-electron chi connectivity index (χ4n) is 1.91. The Morgan fingerprint density at radius 1 is 1.50 bits per heavy atom. The molecule has 0 saturated carbocycles. The molecule has 2 nitrogen and oxygen atoms in total. The van der Waals surface area contributed by atoms with Gasteiger partial charge in [-0.1, -0.05) is 0 Å². The number of rotatable bonds is 1. The molecule has 0 bridgehead atoms. The molecule has 16 heavy (non-hydrogen) atoms. The molecule has 0 amide bonds. The van der Waals surface area contributed by atoms with Crippen molar-refractivity contribution >= 4 is 17.3 Å². The first-order valence-corrected chi connectivity index (χ1v) is 5.61. The molecule has 1 atom stereocenters. The van der Waals surface area contributed by atoms with Crippen LogP contribution in [0, 0.1) is 5.92 Å². The molecule has 88 valence electrons. The lowest BCUT2D eigenvalue weighted by atomic mass is 9.88. The van der Waals surface area contributed by atoms with Crippen LogP contribution in [0.5, 0.6) is 0 Å². The van der Waals surface area contributed by atoms with Crippen molar-refractivity contribution in [1.82, 2.24) is 0 Å². The van der Waals surface area contributed by atoms with Crippen molar-refractivity contribution in [3.05, 3.63) is 21.4 Å². The van der Waals surface area contributed by atoms with Gasteiger partial charge in [0.2, 0.25) is 0 Å². The van der Waals surface area contributed by atoms with E-state index in [0.29, 0.717) is 12.0 Å². The van der Waals surface area contributed by atoms with Crippen LogP contribution in [0.1, 0.15) is 26.5 Å². The molecule has 2 rings (SSSR count). The minimum Gasteiger partial charge on any atom is -0.477 e. The van der Waals surface area contributed by atoms with Gasteiger partial charge in [0, 0.05) is 4.88 Å². The normalized spacial score (nSPS) is 20.6. The largest absolute Gasteiger partial charge is 0.477 e. The van der Waals surface area contributed by atoms with Crippen LogP contribution in [-0.2, 0) is 12.8 Å². The van der Waals surface area contributed by atoms with Crippen LogP contribution in [0.2, 0.25) is 0 Å². The first-order valence-electron chi connectivity index (χ1n) is 4.79. The van der Waals surface area contributed by atoms with Gasteiger partial charge in [-0.3, -0.25) is 0 Å². The highest BCUT2D eigenvalue weighted by atomic mass is 32.1. The number of aryl methyl sites for hydroxylation is 1. The SMILES string of the molecule is O=C(O)c1cc2c(s1)CCC(C(F)(F)F)C2. The molecule has 6 heteroatoms. The summed E-state index contributed by atoms with van der Waals surface area (Å²) in [6, 6.07) is 1.38. The molecule has 0 fully saturated rings. The van der Waals surface area contributed by atoms with E-state index in [1.807, 2.05) is 0 Å². The third-order valence-electron chi connectivity index (χ3n) is 2.76. The van der Waals surface area contributed by atoms with Crippen molar-refractivity contribution < 1.29 is 23.1 Å². The summed E-state index contributed by atoms with van der Waals surface area (Å²) in [5.74, 6) is -2.39. The molecule has 1 N–H and O–H groups in total. The van der Waals surface area contributed by atoms with Gasteiger partial charge in [0.25, 0.3) is 0 Å². The van der Waals surface area contributed by atoms with Gasteiger partial charge in [-0.15, -0.1) is 11.3 Å². The van der Waals surface area contributed by atoms with Gasteiger partial charge in [0.15, 0.2) is 0 Å². The third kappa shape index (κ3) is 2.07. The van der Waals surface area contributed by atoms with Crippen LogP contribution >= 0.6 is 11.3 Å². The van der Waals surface area contributed by atoms with Gasteiger partial charge >= 0.3 is 12.1 Å². The molecule has 1 heterocycles. The first-order chi connectivity index (χ1) is 7.38. The van der Waals surface area contributed by atoms with Crippen molar-refractivity contribution in [2.45, 2.75) is 25.4 Å². The second kappa shape index (κ2) is 3.76. The fourth-order valence-corrected chi connectivity index (χ4v) is 2.96. The Kier molecular flexibility index (Phi) is 2.69. The van der Waals surface area contributed by atoms with E-state index in [4.69, 9.17) is 5.11 Å². The highest BCUT2D eigenvalue weighted by molar-refractivity contribution is 7.14. The topological polar surface area (TPSA) is 37.3 Å². The van der Waals surface area contributed by atoms with Gasteiger partial charge in [-0.2, -0.15) is 13.2 Å². The summed E-state index contributed by atoms with van der Waals surface area (Å²) in [6.45, 7) is 0. The van der Waals surface area contributed by atoms with E-state index in [1.165, 1.54) is 6.07 Å². The summed E-state index contributed by atoms with van der Waals surface area (Å²) in [7, 11) is 0. The minimum atomic E-state index is -4.18. The summed E-state index contributed by atoms with van der Waals surface area (Å²) in [6.07, 6.45) is -3.86. The summed E-state index contributed by atoms with van der Waals surface area (Å²) < 4.78 is 37.5. The predicted molar refractivity (Wildman–Crippen MR) is 52.8 cm³/mol. The van der Waals surface area contributed by atoms with Crippen LogP contribution in [0.4, 0.5) is 13.2 Å². The lowest BCUT2D eigenvalue weighted by Gasteiger charge is -2.24. The fraction of sp³-hybridized carbons (Fsp3) is 0.500. The van der Waals surface area contributed by atoms with Crippen molar-refractivity contribution in [3.8, 4) is 0 Å². The molecule has 1 aromatic rings. The van der Waals surface area contributed by atoms with Gasteiger partial charge in [-0.25, -0.2) is 4.79 Å². The van der Waals surface area contributed by atoms with E-state index in [0.717, 1.165) is 16.2 Å².